The van der Waals surface area contributed by atoms with Crippen molar-refractivity contribution in [3.8, 4) is 17.2 Å². The van der Waals surface area contributed by atoms with Crippen LogP contribution in [0.4, 0.5) is 5.69 Å². The number of benzene rings is 3. The van der Waals surface area contributed by atoms with Crippen LogP contribution in [-0.2, 0) is 24.7 Å². The predicted molar refractivity (Wildman–Crippen MR) is 141 cm³/mol. The van der Waals surface area contributed by atoms with Gasteiger partial charge in [-0.25, -0.2) is 0 Å². The molecule has 2 heterocycles. The van der Waals surface area contributed by atoms with E-state index in [1.165, 1.54) is 5.56 Å². The van der Waals surface area contributed by atoms with Gasteiger partial charge in [-0.1, -0.05) is 48.5 Å². The Morgan fingerprint density at radius 2 is 1.89 bits per heavy atom. The van der Waals surface area contributed by atoms with Gasteiger partial charge >= 0.3 is 0 Å². The van der Waals surface area contributed by atoms with E-state index >= 15 is 0 Å². The van der Waals surface area contributed by atoms with Crippen molar-refractivity contribution >= 4 is 11.6 Å². The smallest absolute Gasteiger partial charge is 0.248 e. The number of anilines is 1. The first kappa shape index (κ1) is 23.5. The van der Waals surface area contributed by atoms with Crippen molar-refractivity contribution in [3.05, 3.63) is 107 Å². The second-order valence-electron chi connectivity index (χ2n) is 9.20. The van der Waals surface area contributed by atoms with Crippen LogP contribution in [0, 0.1) is 11.3 Å². The topological polar surface area (TPSA) is 74.0 Å². The highest BCUT2D eigenvalue weighted by Gasteiger charge is 2.29. The van der Waals surface area contributed by atoms with Gasteiger partial charge in [0.05, 0.1) is 17.8 Å². The summed E-state index contributed by atoms with van der Waals surface area (Å²) in [5, 5.41) is 16.8. The molecule has 1 atom stereocenters. The van der Waals surface area contributed by atoms with E-state index in [4.69, 9.17) is 5.26 Å². The molecular formula is C30H29N5O. The number of amides is 1. The average Bonchev–Trinajstić information content (AvgIpc) is 3.37. The molecule has 1 unspecified atom stereocenters. The average molecular weight is 476 g/mol. The minimum atomic E-state index is -0.437. The molecule has 0 radical (unpaired) electrons. The van der Waals surface area contributed by atoms with Gasteiger partial charge in [-0.3, -0.25) is 9.48 Å². The summed E-state index contributed by atoms with van der Waals surface area (Å²) in [6.07, 6.45) is 6.54. The molecule has 4 aromatic rings. The van der Waals surface area contributed by atoms with E-state index in [2.05, 4.69) is 34.7 Å². The zero-order valence-corrected chi connectivity index (χ0v) is 20.4. The zero-order chi connectivity index (χ0) is 24.9. The first-order chi connectivity index (χ1) is 17.6. The maximum absolute atomic E-state index is 14.0. The van der Waals surface area contributed by atoms with Crippen molar-refractivity contribution in [3.63, 3.8) is 0 Å². The molecule has 3 aromatic carbocycles. The number of aromatic nitrogens is 2. The van der Waals surface area contributed by atoms with Crippen molar-refractivity contribution in [1.82, 2.24) is 15.1 Å². The molecule has 0 aliphatic carbocycles. The lowest BCUT2D eigenvalue weighted by Crippen LogP contribution is -2.44. The third kappa shape index (κ3) is 5.07. The van der Waals surface area contributed by atoms with Crippen LogP contribution in [0.3, 0.4) is 0 Å². The van der Waals surface area contributed by atoms with Crippen LogP contribution in [0.2, 0.25) is 0 Å². The van der Waals surface area contributed by atoms with E-state index in [0.717, 1.165) is 47.2 Å². The number of fused-ring (bicyclic) bond motifs is 1. The Labute approximate surface area is 211 Å². The molecule has 5 rings (SSSR count). The quantitative estimate of drug-likeness (QED) is 0.416. The molecule has 6 nitrogen and oxygen atoms in total. The predicted octanol–water partition coefficient (Wildman–Crippen LogP) is 4.81. The Hall–Kier alpha value is -4.21. The Kier molecular flexibility index (Phi) is 6.92. The zero-order valence-electron chi connectivity index (χ0n) is 20.4. The van der Waals surface area contributed by atoms with Crippen LogP contribution >= 0.6 is 0 Å². The minimum absolute atomic E-state index is 0.0658. The maximum atomic E-state index is 14.0. The third-order valence-corrected chi connectivity index (χ3v) is 6.73. The summed E-state index contributed by atoms with van der Waals surface area (Å²) in [5.41, 5.74) is 7.13. The fourth-order valence-electron chi connectivity index (χ4n) is 4.83. The first-order valence-corrected chi connectivity index (χ1v) is 12.3. The summed E-state index contributed by atoms with van der Waals surface area (Å²) >= 11 is 0. The fourth-order valence-corrected chi connectivity index (χ4v) is 4.83. The lowest BCUT2D eigenvalue weighted by molar-refractivity contribution is -0.120. The van der Waals surface area contributed by atoms with Crippen LogP contribution in [0.25, 0.3) is 11.1 Å². The van der Waals surface area contributed by atoms with E-state index < -0.39 is 6.04 Å². The van der Waals surface area contributed by atoms with Crippen molar-refractivity contribution < 1.29 is 4.79 Å². The number of hydrogen-bond donors (Lipinski definition) is 1. The van der Waals surface area contributed by atoms with E-state index in [-0.39, 0.29) is 5.91 Å². The van der Waals surface area contributed by atoms with Gasteiger partial charge in [0.1, 0.15) is 6.04 Å². The fraction of sp³-hybridized carbons (Fsp3) is 0.233. The Bertz CT molecular complexity index is 1390. The van der Waals surface area contributed by atoms with Gasteiger partial charge in [0.2, 0.25) is 5.91 Å². The summed E-state index contributed by atoms with van der Waals surface area (Å²) in [4.78, 5) is 15.9. The normalized spacial score (nSPS) is 13.6. The van der Waals surface area contributed by atoms with Gasteiger partial charge in [-0.05, 0) is 65.8 Å². The Morgan fingerprint density at radius 3 is 2.61 bits per heavy atom. The van der Waals surface area contributed by atoms with Crippen LogP contribution in [-0.4, -0.2) is 28.8 Å². The van der Waals surface area contributed by atoms with Crippen LogP contribution < -0.4 is 10.2 Å². The number of carbonyl (C=O) groups excluding carboxylic acids is 1. The van der Waals surface area contributed by atoms with Crippen molar-refractivity contribution in [2.45, 2.75) is 25.3 Å². The molecule has 0 saturated carbocycles. The number of carbonyl (C=O) groups is 1. The number of hydrogen-bond acceptors (Lipinski definition) is 4. The van der Waals surface area contributed by atoms with Crippen molar-refractivity contribution in [1.29, 1.82) is 5.26 Å². The third-order valence-electron chi connectivity index (χ3n) is 6.73. The monoisotopic (exact) mass is 475 g/mol. The Morgan fingerprint density at radius 1 is 1.08 bits per heavy atom. The Balaban J connectivity index is 1.36. The molecule has 1 aromatic heterocycles. The molecule has 1 aliphatic rings. The molecule has 0 fully saturated rings. The highest BCUT2D eigenvalue weighted by atomic mass is 16.2. The highest BCUT2D eigenvalue weighted by Crippen LogP contribution is 2.33. The first-order valence-electron chi connectivity index (χ1n) is 12.3. The number of nitrogens with zero attached hydrogens (tertiary/aromatic N) is 4. The summed E-state index contributed by atoms with van der Waals surface area (Å²) < 4.78 is 1.80. The number of nitriles is 1. The standard InChI is InChI=1S/C30H29N5O/c1-34-21-27(20-33-34)25-13-14-28-26(18-25)8-5-17-35(28)30(36)29(24-6-3-2-4-7-24)32-16-15-22-9-11-23(19-31)12-10-22/h2-4,6-7,9-14,18,20-21,29,32H,5,8,15-17H2,1H3. The molecule has 6 heteroatoms. The van der Waals surface area contributed by atoms with E-state index in [1.807, 2.05) is 78.9 Å². The van der Waals surface area contributed by atoms with Crippen LogP contribution in [0.15, 0.2) is 85.2 Å². The summed E-state index contributed by atoms with van der Waals surface area (Å²) in [6, 6.07) is 25.6. The number of nitrogens with one attached hydrogen (secondary N) is 1. The van der Waals surface area contributed by atoms with Crippen LogP contribution in [0.5, 0.6) is 0 Å². The van der Waals surface area contributed by atoms with Gasteiger partial charge < -0.3 is 10.2 Å². The van der Waals surface area contributed by atoms with E-state index in [9.17, 15) is 4.79 Å². The van der Waals surface area contributed by atoms with Gasteiger partial charge in [-0.15, -0.1) is 0 Å². The SMILES string of the molecule is Cn1cc(-c2ccc3c(c2)CCCN3C(=O)C(NCCc2ccc(C#N)cc2)c2ccccc2)cn1. The number of aryl methyl sites for hydroxylation is 2. The van der Waals surface area contributed by atoms with Crippen molar-refractivity contribution in [2.24, 2.45) is 7.05 Å². The molecule has 0 spiro atoms. The summed E-state index contributed by atoms with van der Waals surface area (Å²) in [7, 11) is 1.92. The van der Waals surface area contributed by atoms with Gasteiger partial charge in [0, 0.05) is 37.6 Å². The molecule has 1 aliphatic heterocycles. The molecule has 1 N–H and O–H groups in total. The second-order valence-corrected chi connectivity index (χ2v) is 9.20. The molecule has 180 valence electrons. The van der Waals surface area contributed by atoms with Gasteiger partial charge in [0.15, 0.2) is 0 Å². The molecule has 0 saturated heterocycles. The van der Waals surface area contributed by atoms with Gasteiger partial charge in [0.25, 0.3) is 0 Å². The lowest BCUT2D eigenvalue weighted by atomic mass is 9.96. The molecule has 36 heavy (non-hydrogen) atoms. The minimum Gasteiger partial charge on any atom is -0.310 e. The molecular weight excluding hydrogens is 446 g/mol. The van der Waals surface area contributed by atoms with E-state index in [0.29, 0.717) is 18.7 Å². The summed E-state index contributed by atoms with van der Waals surface area (Å²) in [6.45, 7) is 1.36. The van der Waals surface area contributed by atoms with Gasteiger partial charge in [-0.2, -0.15) is 10.4 Å². The molecule has 1 amide bonds. The summed E-state index contributed by atoms with van der Waals surface area (Å²) in [5.74, 6) is 0.0658. The van der Waals surface area contributed by atoms with E-state index in [1.54, 1.807) is 4.68 Å². The second kappa shape index (κ2) is 10.6. The largest absolute Gasteiger partial charge is 0.310 e. The molecule has 0 bridgehead atoms. The van der Waals surface area contributed by atoms with Crippen LogP contribution in [0.1, 0.15) is 34.7 Å². The maximum Gasteiger partial charge on any atom is 0.248 e. The number of rotatable bonds is 7. The van der Waals surface area contributed by atoms with Crippen molar-refractivity contribution in [2.75, 3.05) is 18.0 Å². The highest BCUT2D eigenvalue weighted by molar-refractivity contribution is 5.99. The lowest BCUT2D eigenvalue weighted by Gasteiger charge is -2.33.